The van der Waals surface area contributed by atoms with Gasteiger partial charge in [-0.05, 0) is 17.9 Å². The summed E-state index contributed by atoms with van der Waals surface area (Å²) in [7, 11) is -2.83. The molecule has 0 aliphatic rings. The molecule has 0 aliphatic heterocycles. The molecule has 0 saturated heterocycles. The van der Waals surface area contributed by atoms with Gasteiger partial charge in [-0.25, -0.2) is 0 Å². The first-order valence-corrected chi connectivity index (χ1v) is 10.2. The van der Waals surface area contributed by atoms with E-state index in [-0.39, 0.29) is 0 Å². The molecule has 0 saturated carbocycles. The smallest absolute Gasteiger partial charge is 0.171 e. The van der Waals surface area contributed by atoms with Crippen molar-refractivity contribution in [2.45, 2.75) is 26.2 Å². The molecule has 0 fully saturated rings. The van der Waals surface area contributed by atoms with Crippen molar-refractivity contribution in [3.8, 4) is 0 Å². The lowest BCUT2D eigenvalue weighted by Crippen LogP contribution is -2.25. The Hall–Kier alpha value is -2.11. The van der Waals surface area contributed by atoms with Gasteiger partial charge in [0.15, 0.2) is 7.14 Å². The minimum absolute atomic E-state index is 0.520. The van der Waals surface area contributed by atoms with Gasteiger partial charge in [0.2, 0.25) is 0 Å². The van der Waals surface area contributed by atoms with E-state index in [4.69, 9.17) is 0 Å². The third-order valence-corrected chi connectivity index (χ3v) is 7.75. The number of hydrogen-bond donors (Lipinski definition) is 0. The van der Waals surface area contributed by atoms with Crippen LogP contribution in [0.2, 0.25) is 0 Å². The maximum atomic E-state index is 14.2. The van der Waals surface area contributed by atoms with Crippen molar-refractivity contribution in [2.75, 3.05) is 0 Å². The van der Waals surface area contributed by atoms with E-state index in [1.807, 2.05) is 72.8 Å². The molecule has 0 aliphatic carbocycles. The minimum atomic E-state index is -2.83. The fraction of sp³-hybridized carbons (Fsp3) is 0.182. The van der Waals surface area contributed by atoms with Crippen molar-refractivity contribution in [3.05, 3.63) is 90.5 Å². The first kappa shape index (κ1) is 16.7. The lowest BCUT2D eigenvalue weighted by Gasteiger charge is -2.20. The zero-order chi connectivity index (χ0) is 17.0. The summed E-state index contributed by atoms with van der Waals surface area (Å²) < 4.78 is 14.2. The third kappa shape index (κ3) is 3.09. The van der Waals surface area contributed by atoms with Crippen molar-refractivity contribution in [2.24, 2.45) is 0 Å². The van der Waals surface area contributed by atoms with Crippen LogP contribution in [0.3, 0.4) is 0 Å². The summed E-state index contributed by atoms with van der Waals surface area (Å²) in [5.74, 6) is 0.520. The Morgan fingerprint density at radius 3 is 1.54 bits per heavy atom. The van der Waals surface area contributed by atoms with Gasteiger partial charge in [-0.2, -0.15) is 0 Å². The van der Waals surface area contributed by atoms with Crippen molar-refractivity contribution < 1.29 is 4.57 Å². The second-order valence-electron chi connectivity index (χ2n) is 6.18. The van der Waals surface area contributed by atoms with E-state index in [2.05, 4.69) is 26.0 Å². The Balaban J connectivity index is 2.15. The van der Waals surface area contributed by atoms with Crippen LogP contribution in [0.1, 0.15) is 31.7 Å². The molecule has 3 rings (SSSR count). The van der Waals surface area contributed by atoms with Crippen LogP contribution in [0.5, 0.6) is 0 Å². The maximum absolute atomic E-state index is 14.2. The van der Waals surface area contributed by atoms with Gasteiger partial charge >= 0.3 is 0 Å². The molecule has 2 heteroatoms. The molecule has 0 aromatic heterocycles. The molecule has 0 amide bonds. The van der Waals surface area contributed by atoms with Gasteiger partial charge in [-0.3, -0.25) is 0 Å². The first-order chi connectivity index (χ1) is 11.7. The Morgan fingerprint density at radius 1 is 0.708 bits per heavy atom. The van der Waals surface area contributed by atoms with Gasteiger partial charge in [0, 0.05) is 15.9 Å². The normalized spacial score (nSPS) is 12.8. The number of hydrogen-bond acceptors (Lipinski definition) is 1. The quantitative estimate of drug-likeness (QED) is 0.610. The second kappa shape index (κ2) is 7.20. The zero-order valence-electron chi connectivity index (χ0n) is 14.2. The van der Waals surface area contributed by atoms with Crippen LogP contribution in [-0.4, -0.2) is 0 Å². The van der Waals surface area contributed by atoms with Gasteiger partial charge in [0.1, 0.15) is 0 Å². The number of rotatable bonds is 5. The summed E-state index contributed by atoms with van der Waals surface area (Å²) in [5, 5.41) is 2.66. The minimum Gasteiger partial charge on any atom is -0.309 e. The van der Waals surface area contributed by atoms with Crippen molar-refractivity contribution in [3.63, 3.8) is 0 Å². The highest BCUT2D eigenvalue weighted by atomic mass is 31.2. The molecule has 0 heterocycles. The highest BCUT2D eigenvalue weighted by Gasteiger charge is 2.29. The van der Waals surface area contributed by atoms with E-state index in [0.717, 1.165) is 22.3 Å². The molecule has 0 N–H and O–H groups in total. The third-order valence-electron chi connectivity index (χ3n) is 4.68. The average molecular weight is 334 g/mol. The van der Waals surface area contributed by atoms with Crippen LogP contribution in [0.15, 0.2) is 84.9 Å². The van der Waals surface area contributed by atoms with Crippen LogP contribution in [-0.2, 0) is 4.57 Å². The van der Waals surface area contributed by atoms with Crippen LogP contribution < -0.4 is 15.9 Å². The van der Waals surface area contributed by atoms with E-state index >= 15 is 0 Å². The first-order valence-electron chi connectivity index (χ1n) is 8.48. The number of benzene rings is 3. The average Bonchev–Trinajstić information content (AvgIpc) is 2.68. The SMILES string of the molecule is CCC(C)c1ccc(P(=O)(c2ccccc2)c2ccccc2)cc1. The van der Waals surface area contributed by atoms with Crippen molar-refractivity contribution in [1.82, 2.24) is 0 Å². The fourth-order valence-corrected chi connectivity index (χ4v) is 5.62. The standard InChI is InChI=1S/C22H23OP/c1-3-18(2)19-14-16-22(17-15-19)24(23,20-10-6-4-7-11-20)21-12-8-5-9-13-21/h4-18H,3H2,1-2H3. The summed E-state index contributed by atoms with van der Waals surface area (Å²) in [6.07, 6.45) is 1.11. The van der Waals surface area contributed by atoms with Gasteiger partial charge in [-0.15, -0.1) is 0 Å². The molecule has 0 bridgehead atoms. The van der Waals surface area contributed by atoms with E-state index < -0.39 is 7.14 Å². The molecular weight excluding hydrogens is 311 g/mol. The molecule has 3 aromatic rings. The summed E-state index contributed by atoms with van der Waals surface area (Å²) >= 11 is 0. The van der Waals surface area contributed by atoms with Gasteiger partial charge in [0.05, 0.1) is 0 Å². The summed E-state index contributed by atoms with van der Waals surface area (Å²) in [6.45, 7) is 4.42. The van der Waals surface area contributed by atoms with Crippen LogP contribution in [0.4, 0.5) is 0 Å². The topological polar surface area (TPSA) is 17.1 Å². The maximum Gasteiger partial charge on any atom is 0.171 e. The molecule has 0 spiro atoms. The summed E-state index contributed by atoms with van der Waals surface area (Å²) in [4.78, 5) is 0. The predicted octanol–water partition coefficient (Wildman–Crippen LogP) is 4.84. The highest BCUT2D eigenvalue weighted by Crippen LogP contribution is 2.42. The van der Waals surface area contributed by atoms with Crippen LogP contribution in [0.25, 0.3) is 0 Å². The molecular formula is C22H23OP. The monoisotopic (exact) mass is 334 g/mol. The largest absolute Gasteiger partial charge is 0.309 e. The van der Waals surface area contributed by atoms with E-state index in [0.29, 0.717) is 5.92 Å². The molecule has 1 nitrogen and oxygen atoms in total. The van der Waals surface area contributed by atoms with Gasteiger partial charge in [-0.1, -0.05) is 98.8 Å². The van der Waals surface area contributed by atoms with Gasteiger partial charge < -0.3 is 4.57 Å². The molecule has 0 radical (unpaired) electrons. The summed E-state index contributed by atoms with van der Waals surface area (Å²) in [5.41, 5.74) is 1.30. The van der Waals surface area contributed by atoms with E-state index in [1.54, 1.807) is 0 Å². The Labute approximate surface area is 144 Å². The Bertz CT molecular complexity index is 779. The highest BCUT2D eigenvalue weighted by molar-refractivity contribution is 7.85. The lowest BCUT2D eigenvalue weighted by molar-refractivity contribution is 0.592. The fourth-order valence-electron chi connectivity index (χ4n) is 2.97. The molecule has 1 unspecified atom stereocenters. The van der Waals surface area contributed by atoms with E-state index in [9.17, 15) is 4.57 Å². The molecule has 3 aromatic carbocycles. The predicted molar refractivity (Wildman–Crippen MR) is 105 cm³/mol. The van der Waals surface area contributed by atoms with Crippen LogP contribution >= 0.6 is 7.14 Å². The molecule has 24 heavy (non-hydrogen) atoms. The lowest BCUT2D eigenvalue weighted by atomic mass is 9.99. The van der Waals surface area contributed by atoms with Crippen molar-refractivity contribution in [1.29, 1.82) is 0 Å². The Morgan fingerprint density at radius 2 is 1.12 bits per heavy atom. The van der Waals surface area contributed by atoms with E-state index in [1.165, 1.54) is 5.56 Å². The molecule has 1 atom stereocenters. The molecule has 122 valence electrons. The van der Waals surface area contributed by atoms with Gasteiger partial charge in [0.25, 0.3) is 0 Å². The zero-order valence-corrected chi connectivity index (χ0v) is 15.1. The van der Waals surface area contributed by atoms with Crippen molar-refractivity contribution >= 4 is 23.1 Å². The summed E-state index contributed by atoms with van der Waals surface area (Å²) in [6, 6.07) is 28.0. The Kier molecular flexibility index (Phi) is 5.02. The van der Waals surface area contributed by atoms with Crippen LogP contribution in [0, 0.1) is 0 Å². The second-order valence-corrected chi connectivity index (χ2v) is 8.95.